The predicted molar refractivity (Wildman–Crippen MR) is 81.0 cm³/mol. The zero-order valence-corrected chi connectivity index (χ0v) is 12.3. The van der Waals surface area contributed by atoms with Crippen molar-refractivity contribution in [2.45, 2.75) is 12.5 Å². The molecule has 1 saturated heterocycles. The maximum absolute atomic E-state index is 6.40. The number of hydrogen-bond acceptors (Lipinski definition) is 3. The van der Waals surface area contributed by atoms with Gasteiger partial charge in [0.2, 0.25) is 0 Å². The first kappa shape index (κ1) is 12.9. The van der Waals surface area contributed by atoms with Gasteiger partial charge in [-0.1, -0.05) is 12.1 Å². The van der Waals surface area contributed by atoms with E-state index in [2.05, 4.69) is 52.9 Å². The highest BCUT2D eigenvalue weighted by Crippen LogP contribution is 2.39. The van der Waals surface area contributed by atoms with Gasteiger partial charge in [-0.15, -0.1) is 0 Å². The van der Waals surface area contributed by atoms with Gasteiger partial charge in [0.05, 0.1) is 24.6 Å². The third kappa shape index (κ3) is 2.15. The first-order valence-electron chi connectivity index (χ1n) is 7.53. The van der Waals surface area contributed by atoms with Gasteiger partial charge < -0.3 is 14.0 Å². The van der Waals surface area contributed by atoms with E-state index in [9.17, 15) is 0 Å². The van der Waals surface area contributed by atoms with Crippen LogP contribution in [-0.2, 0) is 10.3 Å². The van der Waals surface area contributed by atoms with Crippen molar-refractivity contribution >= 4 is 0 Å². The van der Waals surface area contributed by atoms with Crippen LogP contribution in [0, 0.1) is 0 Å². The number of benzene rings is 1. The monoisotopic (exact) mass is 284 g/mol. The van der Waals surface area contributed by atoms with Crippen LogP contribution in [0.15, 0.2) is 42.6 Å². The summed E-state index contributed by atoms with van der Waals surface area (Å²) in [4.78, 5) is 2.43. The van der Waals surface area contributed by atoms with Crippen molar-refractivity contribution in [3.63, 3.8) is 0 Å². The molecule has 110 valence electrons. The molecule has 1 aromatic heterocycles. The maximum Gasteiger partial charge on any atom is 0.159 e. The van der Waals surface area contributed by atoms with Crippen molar-refractivity contribution in [3.05, 3.63) is 48.3 Å². The molecule has 1 atom stereocenters. The number of rotatable bonds is 2. The van der Waals surface area contributed by atoms with Gasteiger partial charge in [0.15, 0.2) is 5.60 Å². The van der Waals surface area contributed by atoms with Crippen LogP contribution in [0.3, 0.4) is 0 Å². The molecule has 3 heterocycles. The molecule has 2 aromatic rings. The van der Waals surface area contributed by atoms with Gasteiger partial charge in [0, 0.05) is 25.8 Å². The Morgan fingerprint density at radius 2 is 1.90 bits per heavy atom. The molecule has 1 aromatic carbocycles. The average molecular weight is 284 g/mol. The van der Waals surface area contributed by atoms with Crippen molar-refractivity contribution < 1.29 is 9.47 Å². The Kier molecular flexibility index (Phi) is 3.01. The van der Waals surface area contributed by atoms with Crippen LogP contribution in [-0.4, -0.2) is 42.3 Å². The zero-order valence-electron chi connectivity index (χ0n) is 12.3. The molecular formula is C17H20N2O2. The van der Waals surface area contributed by atoms with Crippen LogP contribution in [0.1, 0.15) is 12.6 Å². The number of morpholine rings is 1. The fourth-order valence-electron chi connectivity index (χ4n) is 3.36. The fourth-order valence-corrected chi connectivity index (χ4v) is 3.36. The summed E-state index contributed by atoms with van der Waals surface area (Å²) in [7, 11) is 0. The Bertz CT molecular complexity index is 646. The minimum atomic E-state index is -0.324. The predicted octanol–water partition coefficient (Wildman–Crippen LogP) is 2.42. The van der Waals surface area contributed by atoms with E-state index >= 15 is 0 Å². The van der Waals surface area contributed by atoms with Gasteiger partial charge in [0.25, 0.3) is 0 Å². The van der Waals surface area contributed by atoms with Crippen LogP contribution >= 0.6 is 0 Å². The first-order chi connectivity index (χ1) is 10.3. The summed E-state index contributed by atoms with van der Waals surface area (Å²) < 4.78 is 14.1. The van der Waals surface area contributed by atoms with Crippen molar-refractivity contribution in [3.8, 4) is 11.4 Å². The third-order valence-corrected chi connectivity index (χ3v) is 4.38. The molecule has 21 heavy (non-hydrogen) atoms. The molecule has 0 bridgehead atoms. The van der Waals surface area contributed by atoms with Gasteiger partial charge in [-0.3, -0.25) is 4.90 Å². The lowest BCUT2D eigenvalue weighted by atomic mass is 9.98. The largest absolute Gasteiger partial charge is 0.478 e. The highest BCUT2D eigenvalue weighted by atomic mass is 16.5. The molecule has 0 radical (unpaired) electrons. The smallest absolute Gasteiger partial charge is 0.159 e. The molecule has 0 amide bonds. The summed E-state index contributed by atoms with van der Waals surface area (Å²) in [5, 5.41) is 0. The van der Waals surface area contributed by atoms with Gasteiger partial charge in [-0.05, 0) is 31.2 Å². The van der Waals surface area contributed by atoms with E-state index < -0.39 is 0 Å². The van der Waals surface area contributed by atoms with E-state index in [4.69, 9.17) is 9.47 Å². The van der Waals surface area contributed by atoms with Crippen molar-refractivity contribution in [2.75, 3.05) is 32.8 Å². The minimum absolute atomic E-state index is 0.324. The quantitative estimate of drug-likeness (QED) is 0.847. The van der Waals surface area contributed by atoms with Crippen molar-refractivity contribution in [1.82, 2.24) is 9.47 Å². The lowest BCUT2D eigenvalue weighted by Gasteiger charge is -2.41. The van der Waals surface area contributed by atoms with E-state index in [0.29, 0.717) is 0 Å². The van der Waals surface area contributed by atoms with E-state index in [1.54, 1.807) is 0 Å². The molecule has 0 N–H and O–H groups in total. The van der Waals surface area contributed by atoms with Crippen LogP contribution in [0.2, 0.25) is 0 Å². The second-order valence-corrected chi connectivity index (χ2v) is 5.95. The van der Waals surface area contributed by atoms with Gasteiger partial charge in [-0.25, -0.2) is 0 Å². The molecule has 0 spiro atoms. The lowest BCUT2D eigenvalue weighted by Crippen LogP contribution is -2.49. The Balaban J connectivity index is 1.71. The minimum Gasteiger partial charge on any atom is -0.478 e. The Hall–Kier alpha value is -1.78. The van der Waals surface area contributed by atoms with Gasteiger partial charge in [-0.2, -0.15) is 0 Å². The van der Waals surface area contributed by atoms with Gasteiger partial charge in [0.1, 0.15) is 5.75 Å². The van der Waals surface area contributed by atoms with Crippen molar-refractivity contribution in [2.24, 2.45) is 0 Å². The standard InChI is InChI=1S/C17H20N2O2/c1-17(13-18-9-11-20-12-10-18)16-7-4-8-19(16)14-5-2-3-6-15(14)21-17/h2-8H,9-13H2,1H3. The Morgan fingerprint density at radius 3 is 2.76 bits per heavy atom. The summed E-state index contributed by atoms with van der Waals surface area (Å²) in [6.07, 6.45) is 2.12. The van der Waals surface area contributed by atoms with E-state index in [1.165, 1.54) is 5.69 Å². The van der Waals surface area contributed by atoms with Crippen LogP contribution in [0.4, 0.5) is 0 Å². The van der Waals surface area contributed by atoms with Crippen LogP contribution in [0.25, 0.3) is 5.69 Å². The maximum atomic E-state index is 6.40. The second-order valence-electron chi connectivity index (χ2n) is 5.95. The molecule has 1 fully saturated rings. The molecule has 4 rings (SSSR count). The van der Waals surface area contributed by atoms with E-state index in [0.717, 1.165) is 44.3 Å². The topological polar surface area (TPSA) is 26.6 Å². The molecule has 1 unspecified atom stereocenters. The summed E-state index contributed by atoms with van der Waals surface area (Å²) in [5.74, 6) is 0.956. The molecular weight excluding hydrogens is 264 g/mol. The van der Waals surface area contributed by atoms with Crippen LogP contribution < -0.4 is 4.74 Å². The molecule has 2 aliphatic heterocycles. The van der Waals surface area contributed by atoms with Crippen molar-refractivity contribution in [1.29, 1.82) is 0 Å². The molecule has 4 heteroatoms. The number of fused-ring (bicyclic) bond motifs is 3. The highest BCUT2D eigenvalue weighted by molar-refractivity contribution is 5.51. The fraction of sp³-hybridized carbons (Fsp3) is 0.412. The summed E-state index contributed by atoms with van der Waals surface area (Å²) >= 11 is 0. The average Bonchev–Trinajstić information content (AvgIpc) is 2.99. The zero-order chi connectivity index (χ0) is 14.3. The molecule has 2 aliphatic rings. The number of para-hydroxylation sites is 2. The second kappa shape index (κ2) is 4.90. The number of nitrogens with zero attached hydrogens (tertiary/aromatic N) is 2. The highest BCUT2D eigenvalue weighted by Gasteiger charge is 2.38. The first-order valence-corrected chi connectivity index (χ1v) is 7.53. The molecule has 0 aliphatic carbocycles. The van der Waals surface area contributed by atoms with Gasteiger partial charge >= 0.3 is 0 Å². The number of aromatic nitrogens is 1. The lowest BCUT2D eigenvalue weighted by molar-refractivity contribution is -0.0181. The normalized spacial score (nSPS) is 25.0. The number of ether oxygens (including phenoxy) is 2. The SMILES string of the molecule is CC1(CN2CCOCC2)Oc2ccccc2-n2cccc21. The Labute approximate surface area is 124 Å². The molecule has 4 nitrogen and oxygen atoms in total. The Morgan fingerprint density at radius 1 is 1.10 bits per heavy atom. The molecule has 0 saturated carbocycles. The van der Waals surface area contributed by atoms with Crippen LogP contribution in [0.5, 0.6) is 5.75 Å². The summed E-state index contributed by atoms with van der Waals surface area (Å²) in [5.41, 5.74) is 2.01. The third-order valence-electron chi connectivity index (χ3n) is 4.38. The van der Waals surface area contributed by atoms with E-state index in [-0.39, 0.29) is 5.60 Å². The summed E-state index contributed by atoms with van der Waals surface area (Å²) in [6.45, 7) is 6.64. The number of hydrogen-bond donors (Lipinski definition) is 0. The van der Waals surface area contributed by atoms with E-state index in [1.807, 2.05) is 6.07 Å². The summed E-state index contributed by atoms with van der Waals surface area (Å²) in [6, 6.07) is 12.5.